The van der Waals surface area contributed by atoms with E-state index in [-0.39, 0.29) is 5.56 Å². The number of hydrogen-bond acceptors (Lipinski definition) is 3. The zero-order chi connectivity index (χ0) is 16.6. The molecule has 0 atom stereocenters. The monoisotopic (exact) mass is 306 g/mol. The van der Waals surface area contributed by atoms with Crippen molar-refractivity contribution in [3.8, 4) is 0 Å². The van der Waals surface area contributed by atoms with Crippen molar-refractivity contribution < 1.29 is 9.90 Å². The Kier molecular flexibility index (Phi) is 3.74. The molecule has 0 saturated heterocycles. The third kappa shape index (κ3) is 3.01. The van der Waals surface area contributed by atoms with E-state index in [1.165, 1.54) is 5.56 Å². The maximum absolute atomic E-state index is 11.1. The van der Waals surface area contributed by atoms with Crippen LogP contribution in [-0.2, 0) is 0 Å². The first-order valence-corrected chi connectivity index (χ1v) is 7.43. The first-order valence-electron chi connectivity index (χ1n) is 7.43. The van der Waals surface area contributed by atoms with E-state index >= 15 is 0 Å². The Morgan fingerprint density at radius 3 is 2.61 bits per heavy atom. The van der Waals surface area contributed by atoms with E-state index in [0.29, 0.717) is 0 Å². The molecule has 0 radical (unpaired) electrons. The molecule has 3 rings (SSSR count). The van der Waals surface area contributed by atoms with Crippen molar-refractivity contribution in [3.05, 3.63) is 64.8 Å². The van der Waals surface area contributed by atoms with Gasteiger partial charge >= 0.3 is 5.97 Å². The van der Waals surface area contributed by atoms with Crippen LogP contribution in [0, 0.1) is 20.8 Å². The van der Waals surface area contributed by atoms with E-state index in [9.17, 15) is 4.79 Å². The molecule has 3 aromatic rings. The van der Waals surface area contributed by atoms with Crippen LogP contribution in [0.3, 0.4) is 0 Å². The lowest BCUT2D eigenvalue weighted by atomic mass is 10.0. The molecule has 0 amide bonds. The minimum atomic E-state index is -0.934. The van der Waals surface area contributed by atoms with Crippen LogP contribution in [0.5, 0.6) is 0 Å². The number of rotatable bonds is 3. The molecule has 0 saturated carbocycles. The fourth-order valence-corrected chi connectivity index (χ4v) is 2.87. The number of nitrogens with zero attached hydrogens (tertiary/aromatic N) is 1. The van der Waals surface area contributed by atoms with E-state index < -0.39 is 5.97 Å². The highest BCUT2D eigenvalue weighted by atomic mass is 16.4. The number of benzene rings is 2. The lowest BCUT2D eigenvalue weighted by molar-refractivity contribution is 0.0697. The van der Waals surface area contributed by atoms with Gasteiger partial charge in [0, 0.05) is 16.8 Å². The molecule has 0 unspecified atom stereocenters. The Balaban J connectivity index is 2.13. The van der Waals surface area contributed by atoms with E-state index in [2.05, 4.69) is 36.3 Å². The number of pyridine rings is 1. The molecule has 0 aliphatic heterocycles. The highest BCUT2D eigenvalue weighted by molar-refractivity contribution is 5.96. The molecule has 0 spiro atoms. The second kappa shape index (κ2) is 5.72. The van der Waals surface area contributed by atoms with Gasteiger partial charge in [0.1, 0.15) is 0 Å². The summed E-state index contributed by atoms with van der Waals surface area (Å²) in [5.74, 6) is -0.934. The smallest absolute Gasteiger partial charge is 0.335 e. The van der Waals surface area contributed by atoms with Crippen molar-refractivity contribution in [2.45, 2.75) is 20.8 Å². The second-order valence-electron chi connectivity index (χ2n) is 5.80. The predicted octanol–water partition coefficient (Wildman–Crippen LogP) is 4.60. The quantitative estimate of drug-likeness (QED) is 0.742. The number of anilines is 2. The van der Waals surface area contributed by atoms with E-state index in [1.807, 2.05) is 19.1 Å². The van der Waals surface area contributed by atoms with Crippen molar-refractivity contribution in [2.24, 2.45) is 0 Å². The maximum atomic E-state index is 11.1. The van der Waals surface area contributed by atoms with Crippen LogP contribution in [0.25, 0.3) is 10.9 Å². The van der Waals surface area contributed by atoms with Gasteiger partial charge in [-0.2, -0.15) is 0 Å². The van der Waals surface area contributed by atoms with Gasteiger partial charge in [-0.05, 0) is 62.2 Å². The second-order valence-corrected chi connectivity index (χ2v) is 5.80. The summed E-state index contributed by atoms with van der Waals surface area (Å²) < 4.78 is 0. The van der Waals surface area contributed by atoms with Crippen LogP contribution in [-0.4, -0.2) is 16.1 Å². The lowest BCUT2D eigenvalue weighted by Crippen LogP contribution is -2.00. The Hall–Kier alpha value is -2.88. The molecular formula is C19H18N2O2. The molecule has 116 valence electrons. The minimum absolute atomic E-state index is 0.262. The number of fused-ring (bicyclic) bond motifs is 1. The molecule has 2 N–H and O–H groups in total. The molecular weight excluding hydrogens is 288 g/mol. The summed E-state index contributed by atoms with van der Waals surface area (Å²) in [5, 5.41) is 13.5. The molecule has 23 heavy (non-hydrogen) atoms. The normalized spacial score (nSPS) is 10.7. The number of carboxylic acid groups (broad SMARTS) is 1. The number of aromatic carboxylic acids is 1. The maximum Gasteiger partial charge on any atom is 0.335 e. The van der Waals surface area contributed by atoms with Crippen molar-refractivity contribution in [3.63, 3.8) is 0 Å². The molecule has 0 fully saturated rings. The molecule has 0 aliphatic carbocycles. The number of hydrogen-bond donors (Lipinski definition) is 2. The number of carboxylic acids is 1. The van der Waals surface area contributed by atoms with Gasteiger partial charge in [-0.1, -0.05) is 12.1 Å². The van der Waals surface area contributed by atoms with Gasteiger partial charge in [-0.25, -0.2) is 4.79 Å². The third-order valence-corrected chi connectivity index (χ3v) is 3.77. The number of aromatic nitrogens is 1. The van der Waals surface area contributed by atoms with Crippen LogP contribution in [0.4, 0.5) is 11.4 Å². The zero-order valence-corrected chi connectivity index (χ0v) is 13.3. The van der Waals surface area contributed by atoms with Gasteiger partial charge in [0.25, 0.3) is 0 Å². The predicted molar refractivity (Wildman–Crippen MR) is 92.6 cm³/mol. The molecule has 1 heterocycles. The van der Waals surface area contributed by atoms with Crippen molar-refractivity contribution >= 4 is 28.2 Å². The summed E-state index contributed by atoms with van der Waals surface area (Å²) in [7, 11) is 0. The van der Waals surface area contributed by atoms with Gasteiger partial charge in [0.2, 0.25) is 0 Å². The number of aryl methyl sites for hydroxylation is 3. The van der Waals surface area contributed by atoms with Crippen molar-refractivity contribution in [1.82, 2.24) is 4.98 Å². The van der Waals surface area contributed by atoms with Crippen LogP contribution in [0.2, 0.25) is 0 Å². The molecule has 0 bridgehead atoms. The summed E-state index contributed by atoms with van der Waals surface area (Å²) >= 11 is 0. The Morgan fingerprint density at radius 1 is 1.09 bits per heavy atom. The highest BCUT2D eigenvalue weighted by Crippen LogP contribution is 2.30. The fraction of sp³-hybridized carbons (Fsp3) is 0.158. The summed E-state index contributed by atoms with van der Waals surface area (Å²) in [6.45, 7) is 6.07. The molecule has 4 nitrogen and oxygen atoms in total. The van der Waals surface area contributed by atoms with E-state index in [4.69, 9.17) is 5.11 Å². The van der Waals surface area contributed by atoms with Crippen LogP contribution < -0.4 is 5.32 Å². The Labute approximate surface area is 134 Å². The van der Waals surface area contributed by atoms with Crippen molar-refractivity contribution in [1.29, 1.82) is 0 Å². The van der Waals surface area contributed by atoms with Gasteiger partial charge in [-0.3, -0.25) is 4.98 Å². The third-order valence-electron chi connectivity index (χ3n) is 3.77. The average molecular weight is 306 g/mol. The van der Waals surface area contributed by atoms with Gasteiger partial charge in [0.05, 0.1) is 16.8 Å². The highest BCUT2D eigenvalue weighted by Gasteiger charge is 2.09. The molecule has 0 aliphatic rings. The topological polar surface area (TPSA) is 62.2 Å². The first-order chi connectivity index (χ1) is 10.9. The van der Waals surface area contributed by atoms with Crippen LogP contribution in [0.1, 0.15) is 27.2 Å². The van der Waals surface area contributed by atoms with Gasteiger partial charge in [0.15, 0.2) is 0 Å². The summed E-state index contributed by atoms with van der Waals surface area (Å²) in [5.41, 5.74) is 6.12. The molecule has 2 aromatic carbocycles. The van der Waals surface area contributed by atoms with Gasteiger partial charge < -0.3 is 10.4 Å². The first kappa shape index (κ1) is 15.0. The zero-order valence-electron chi connectivity index (χ0n) is 13.3. The Bertz CT molecular complexity index is 911. The summed E-state index contributed by atoms with van der Waals surface area (Å²) in [4.78, 5) is 15.7. The van der Waals surface area contributed by atoms with Crippen LogP contribution >= 0.6 is 0 Å². The van der Waals surface area contributed by atoms with Gasteiger partial charge in [-0.15, -0.1) is 0 Å². The summed E-state index contributed by atoms with van der Waals surface area (Å²) in [6.07, 6.45) is 0. The summed E-state index contributed by atoms with van der Waals surface area (Å²) in [6, 6.07) is 13.0. The Morgan fingerprint density at radius 2 is 1.87 bits per heavy atom. The van der Waals surface area contributed by atoms with E-state index in [0.717, 1.165) is 33.5 Å². The number of carbonyl (C=O) groups is 1. The molecule has 1 aromatic heterocycles. The minimum Gasteiger partial charge on any atom is -0.478 e. The van der Waals surface area contributed by atoms with Crippen LogP contribution in [0.15, 0.2) is 42.5 Å². The SMILES string of the molecule is Cc1cc(C)c2c(Nc3cccc(C(=O)O)c3)cc(C)nc2c1. The lowest BCUT2D eigenvalue weighted by Gasteiger charge is -2.14. The molecule has 4 heteroatoms. The fourth-order valence-electron chi connectivity index (χ4n) is 2.87. The number of nitrogens with one attached hydrogen (secondary N) is 1. The largest absolute Gasteiger partial charge is 0.478 e. The van der Waals surface area contributed by atoms with E-state index in [1.54, 1.807) is 18.2 Å². The average Bonchev–Trinajstić information content (AvgIpc) is 2.46. The van der Waals surface area contributed by atoms with Crippen molar-refractivity contribution in [2.75, 3.05) is 5.32 Å². The standard InChI is InChI=1S/C19H18N2O2/c1-11-7-12(2)18-16(8-11)20-13(3)9-17(18)21-15-6-4-5-14(10-15)19(22)23/h4-10H,1-3H3,(H,20,21)(H,22,23).